The van der Waals surface area contributed by atoms with Gasteiger partial charge in [-0.2, -0.15) is 0 Å². The number of anilines is 4. The van der Waals surface area contributed by atoms with Crippen molar-refractivity contribution < 1.29 is 18.7 Å². The molecular weight excluding hydrogens is 563 g/mol. The number of halogens is 2. The van der Waals surface area contributed by atoms with Crippen LogP contribution in [0.25, 0.3) is 10.2 Å². The molecule has 0 spiro atoms. The van der Waals surface area contributed by atoms with E-state index in [2.05, 4.69) is 41.4 Å². The Morgan fingerprint density at radius 3 is 2.70 bits per heavy atom. The van der Waals surface area contributed by atoms with Gasteiger partial charge >= 0.3 is 6.03 Å². The van der Waals surface area contributed by atoms with E-state index in [1.165, 1.54) is 18.5 Å². The van der Waals surface area contributed by atoms with Crippen LogP contribution in [0.5, 0.6) is 0 Å². The van der Waals surface area contributed by atoms with Gasteiger partial charge in [-0.3, -0.25) is 9.69 Å². The summed E-state index contributed by atoms with van der Waals surface area (Å²) in [6.07, 6.45) is 1.30. The molecule has 37 heavy (non-hydrogen) atoms. The van der Waals surface area contributed by atoms with Gasteiger partial charge in [-0.15, -0.1) is 11.3 Å². The molecule has 2 aliphatic rings. The first-order valence-electron chi connectivity index (χ1n) is 11.5. The highest BCUT2D eigenvalue weighted by atomic mass is 79.9. The van der Waals surface area contributed by atoms with Gasteiger partial charge in [-0.1, -0.05) is 28.1 Å². The van der Waals surface area contributed by atoms with Crippen molar-refractivity contribution in [2.75, 3.05) is 41.8 Å². The highest BCUT2D eigenvalue weighted by molar-refractivity contribution is 9.10. The molecule has 1 saturated heterocycles. The van der Waals surface area contributed by atoms with E-state index in [4.69, 9.17) is 4.74 Å². The number of carbonyl (C=O) groups is 2. The van der Waals surface area contributed by atoms with Crippen molar-refractivity contribution >= 4 is 72.3 Å². The van der Waals surface area contributed by atoms with Gasteiger partial charge < -0.3 is 15.4 Å². The average Bonchev–Trinajstić information content (AvgIpc) is 3.26. The molecule has 6 rings (SSSR count). The van der Waals surface area contributed by atoms with Gasteiger partial charge in [-0.25, -0.2) is 24.1 Å². The summed E-state index contributed by atoms with van der Waals surface area (Å²) >= 11 is 4.37. The van der Waals surface area contributed by atoms with Crippen LogP contribution in [0.2, 0.25) is 0 Å². The van der Waals surface area contributed by atoms with Gasteiger partial charge in [-0.05, 0) is 35.9 Å². The number of carbonyl (C=O) groups excluding carboxylic acids is 2. The topological polar surface area (TPSA) is 99.7 Å². The SMILES string of the molecule is O=C(Nc1ccc(CN2CCOCC2)cc1)c1sc2ncnc3c2c1NC(=O)N3c1ccc(Br)cc1F. The fourth-order valence-corrected chi connectivity index (χ4v) is 5.73. The van der Waals surface area contributed by atoms with Gasteiger partial charge in [0.2, 0.25) is 0 Å². The first-order valence-corrected chi connectivity index (χ1v) is 13.1. The second-order valence-electron chi connectivity index (χ2n) is 8.58. The zero-order valence-corrected chi connectivity index (χ0v) is 21.7. The second kappa shape index (κ2) is 9.78. The third-order valence-electron chi connectivity index (χ3n) is 6.19. The molecule has 1 fully saturated rings. The summed E-state index contributed by atoms with van der Waals surface area (Å²) in [5.74, 6) is -0.758. The van der Waals surface area contributed by atoms with Crippen LogP contribution in [0, 0.1) is 5.82 Å². The number of thiophene rings is 1. The number of benzene rings is 2. The Kier molecular flexibility index (Phi) is 6.32. The number of nitrogens with one attached hydrogen (secondary N) is 2. The van der Waals surface area contributed by atoms with Crippen molar-refractivity contribution in [2.24, 2.45) is 0 Å². The Morgan fingerprint density at radius 1 is 1.16 bits per heavy atom. The molecule has 2 aliphatic heterocycles. The van der Waals surface area contributed by atoms with Crippen molar-refractivity contribution in [3.8, 4) is 0 Å². The number of aromatic nitrogens is 2. The van der Waals surface area contributed by atoms with Crippen molar-refractivity contribution in [2.45, 2.75) is 6.54 Å². The molecule has 2 aromatic heterocycles. The Hall–Kier alpha value is -3.45. The number of nitrogens with zero attached hydrogens (tertiary/aromatic N) is 4. The van der Waals surface area contributed by atoms with E-state index >= 15 is 0 Å². The van der Waals surface area contributed by atoms with Crippen LogP contribution in [0.1, 0.15) is 15.2 Å². The molecule has 0 saturated carbocycles. The molecule has 0 bridgehead atoms. The molecule has 0 unspecified atom stereocenters. The third-order valence-corrected chi connectivity index (χ3v) is 7.78. The second-order valence-corrected chi connectivity index (χ2v) is 10.5. The van der Waals surface area contributed by atoms with E-state index in [9.17, 15) is 14.0 Å². The largest absolute Gasteiger partial charge is 0.379 e. The number of amides is 3. The van der Waals surface area contributed by atoms with Crippen LogP contribution in [0.4, 0.5) is 32.1 Å². The minimum absolute atomic E-state index is 0.0423. The molecule has 4 aromatic rings. The maximum atomic E-state index is 14.7. The van der Waals surface area contributed by atoms with Gasteiger partial charge in [0.1, 0.15) is 21.9 Å². The molecule has 4 heterocycles. The lowest BCUT2D eigenvalue weighted by Crippen LogP contribution is -2.35. The van der Waals surface area contributed by atoms with E-state index in [1.807, 2.05) is 24.3 Å². The molecule has 0 atom stereocenters. The van der Waals surface area contributed by atoms with E-state index in [0.717, 1.165) is 54.6 Å². The molecule has 188 valence electrons. The summed E-state index contributed by atoms with van der Waals surface area (Å²) in [5.41, 5.74) is 2.13. The number of hydrogen-bond donors (Lipinski definition) is 2. The van der Waals surface area contributed by atoms with Crippen LogP contribution in [0.3, 0.4) is 0 Å². The summed E-state index contributed by atoms with van der Waals surface area (Å²) in [5, 5.41) is 6.13. The minimum Gasteiger partial charge on any atom is -0.379 e. The van der Waals surface area contributed by atoms with Crippen molar-refractivity contribution in [3.63, 3.8) is 0 Å². The molecular formula is C25H20BrFN6O3S. The minimum atomic E-state index is -0.617. The summed E-state index contributed by atoms with van der Waals surface area (Å²) < 4.78 is 20.7. The van der Waals surface area contributed by atoms with Gasteiger partial charge in [0.15, 0.2) is 5.82 Å². The monoisotopic (exact) mass is 582 g/mol. The quantitative estimate of drug-likeness (QED) is 0.328. The predicted octanol–water partition coefficient (Wildman–Crippen LogP) is 5.36. The zero-order valence-electron chi connectivity index (χ0n) is 19.3. The maximum Gasteiger partial charge on any atom is 0.332 e. The normalized spacial score (nSPS) is 15.6. The predicted molar refractivity (Wildman–Crippen MR) is 143 cm³/mol. The van der Waals surface area contributed by atoms with Crippen molar-refractivity contribution in [3.05, 3.63) is 69.5 Å². The van der Waals surface area contributed by atoms with Crippen LogP contribution in [-0.4, -0.2) is 53.1 Å². The lowest BCUT2D eigenvalue weighted by atomic mass is 10.1. The first kappa shape index (κ1) is 23.9. The molecule has 0 aliphatic carbocycles. The number of ether oxygens (including phenoxy) is 1. The lowest BCUT2D eigenvalue weighted by Gasteiger charge is -2.27. The number of morpholine rings is 1. The molecule has 2 aromatic carbocycles. The number of hydrogen-bond acceptors (Lipinski definition) is 7. The van der Waals surface area contributed by atoms with Gasteiger partial charge in [0.05, 0.1) is 30.0 Å². The molecule has 12 heteroatoms. The lowest BCUT2D eigenvalue weighted by molar-refractivity contribution is 0.0342. The van der Waals surface area contributed by atoms with Gasteiger partial charge in [0.25, 0.3) is 5.91 Å². The van der Waals surface area contributed by atoms with Gasteiger partial charge in [0, 0.05) is 29.8 Å². The molecule has 2 N–H and O–H groups in total. The van der Waals surface area contributed by atoms with E-state index in [1.54, 1.807) is 6.07 Å². The number of rotatable bonds is 5. The van der Waals surface area contributed by atoms with Crippen LogP contribution in [0.15, 0.2) is 53.3 Å². The summed E-state index contributed by atoms with van der Waals surface area (Å²) in [7, 11) is 0. The Labute approximate surface area is 223 Å². The van der Waals surface area contributed by atoms with Crippen LogP contribution < -0.4 is 15.5 Å². The van der Waals surface area contributed by atoms with Crippen molar-refractivity contribution in [1.82, 2.24) is 14.9 Å². The fraction of sp³-hybridized carbons (Fsp3) is 0.200. The van der Waals surface area contributed by atoms with E-state index in [-0.39, 0.29) is 17.4 Å². The average molecular weight is 583 g/mol. The summed E-state index contributed by atoms with van der Waals surface area (Å²) in [6, 6.07) is 11.5. The number of urea groups is 1. The van der Waals surface area contributed by atoms with E-state index < -0.39 is 11.8 Å². The Morgan fingerprint density at radius 2 is 1.95 bits per heavy atom. The zero-order chi connectivity index (χ0) is 25.5. The first-order chi connectivity index (χ1) is 18.0. The maximum absolute atomic E-state index is 14.7. The third kappa shape index (κ3) is 4.57. The molecule has 0 radical (unpaired) electrons. The van der Waals surface area contributed by atoms with Crippen LogP contribution >= 0.6 is 27.3 Å². The highest BCUT2D eigenvalue weighted by Gasteiger charge is 2.35. The standard InChI is InChI=1S/C25H20BrFN6O3S/c26-15-3-6-18(17(27)11-15)33-22-19-20(31-25(33)35)21(37-24(19)29-13-28-22)23(34)30-16-4-1-14(2-5-16)12-32-7-9-36-10-8-32/h1-6,11,13H,7-10,12H2,(H,30,34)(H,31,35). The molecule has 3 amide bonds. The highest BCUT2D eigenvalue weighted by Crippen LogP contribution is 2.45. The fourth-order valence-electron chi connectivity index (χ4n) is 4.41. The summed E-state index contributed by atoms with van der Waals surface area (Å²) in [4.78, 5) is 39.2. The smallest absolute Gasteiger partial charge is 0.332 e. The molecule has 9 nitrogen and oxygen atoms in total. The Balaban J connectivity index is 1.27. The Bertz CT molecular complexity index is 1520. The summed E-state index contributed by atoms with van der Waals surface area (Å²) in [6.45, 7) is 4.10. The van der Waals surface area contributed by atoms with Crippen molar-refractivity contribution in [1.29, 1.82) is 0 Å². The van der Waals surface area contributed by atoms with Crippen LogP contribution in [-0.2, 0) is 11.3 Å². The van der Waals surface area contributed by atoms with E-state index in [0.29, 0.717) is 30.9 Å².